The normalized spacial score (nSPS) is 21.9. The van der Waals surface area contributed by atoms with Crippen LogP contribution in [0.4, 0.5) is 0 Å². The fourth-order valence-electron chi connectivity index (χ4n) is 3.18. The van der Waals surface area contributed by atoms with Gasteiger partial charge in [-0.05, 0) is 50.5 Å². The van der Waals surface area contributed by atoms with E-state index in [-0.39, 0.29) is 17.9 Å². The first-order chi connectivity index (χ1) is 10.1. The van der Waals surface area contributed by atoms with Crippen LogP contribution in [0.1, 0.15) is 40.9 Å². The summed E-state index contributed by atoms with van der Waals surface area (Å²) < 4.78 is 0. The number of hydrogen-bond donors (Lipinski definition) is 3. The largest absolute Gasteiger partial charge is 0.393 e. The molecule has 2 unspecified atom stereocenters. The first-order valence-electron chi connectivity index (χ1n) is 7.61. The molecule has 21 heavy (non-hydrogen) atoms. The second-order valence-electron chi connectivity index (χ2n) is 6.10. The fraction of sp³-hybridized carbons (Fsp3) is 0.471. The van der Waals surface area contributed by atoms with Crippen LogP contribution in [0.5, 0.6) is 0 Å². The number of carbonyl (C=O) groups excluding carboxylic acids is 1. The van der Waals surface area contributed by atoms with Crippen molar-refractivity contribution in [1.82, 2.24) is 10.3 Å². The average Bonchev–Trinajstić information content (AvgIpc) is 3.01. The molecule has 1 aliphatic carbocycles. The molecule has 3 rings (SSSR count). The van der Waals surface area contributed by atoms with E-state index in [0.717, 1.165) is 35.9 Å². The summed E-state index contributed by atoms with van der Waals surface area (Å²) in [6.45, 7) is 4.66. The van der Waals surface area contributed by atoms with Crippen LogP contribution in [0.3, 0.4) is 0 Å². The Balaban J connectivity index is 1.73. The lowest BCUT2D eigenvalue weighted by atomic mass is 10.1. The molecule has 0 bridgehead atoms. The quantitative estimate of drug-likeness (QED) is 0.812. The molecule has 2 atom stereocenters. The Hall–Kier alpha value is -1.81. The molecule has 1 aromatic heterocycles. The zero-order chi connectivity index (χ0) is 15.0. The van der Waals surface area contributed by atoms with E-state index in [4.69, 9.17) is 0 Å². The number of aromatic nitrogens is 1. The van der Waals surface area contributed by atoms with Gasteiger partial charge in [-0.2, -0.15) is 0 Å². The fourth-order valence-corrected chi connectivity index (χ4v) is 3.18. The van der Waals surface area contributed by atoms with Gasteiger partial charge in [0.15, 0.2) is 0 Å². The molecule has 0 radical (unpaired) electrons. The summed E-state index contributed by atoms with van der Waals surface area (Å²) in [6, 6.07) is 5.74. The van der Waals surface area contributed by atoms with Gasteiger partial charge in [0.05, 0.1) is 6.10 Å². The zero-order valence-corrected chi connectivity index (χ0v) is 12.6. The molecule has 4 heteroatoms. The first kappa shape index (κ1) is 14.1. The van der Waals surface area contributed by atoms with Gasteiger partial charge in [0, 0.05) is 34.6 Å². The van der Waals surface area contributed by atoms with Gasteiger partial charge >= 0.3 is 0 Å². The molecule has 3 N–H and O–H groups in total. The maximum atomic E-state index is 12.3. The molecule has 1 aromatic carbocycles. The highest BCUT2D eigenvalue weighted by atomic mass is 16.3. The Morgan fingerprint density at radius 3 is 2.90 bits per heavy atom. The molecule has 2 aromatic rings. The van der Waals surface area contributed by atoms with Crippen molar-refractivity contribution < 1.29 is 9.90 Å². The Morgan fingerprint density at radius 2 is 2.19 bits per heavy atom. The smallest absolute Gasteiger partial charge is 0.251 e. The van der Waals surface area contributed by atoms with E-state index >= 15 is 0 Å². The van der Waals surface area contributed by atoms with Crippen LogP contribution in [0.25, 0.3) is 10.9 Å². The van der Waals surface area contributed by atoms with E-state index in [1.807, 2.05) is 25.1 Å². The lowest BCUT2D eigenvalue weighted by Gasteiger charge is -2.15. The summed E-state index contributed by atoms with van der Waals surface area (Å²) in [5.41, 5.74) is 4.06. The molecule has 1 heterocycles. The number of aromatic amines is 1. The van der Waals surface area contributed by atoms with Crippen molar-refractivity contribution >= 4 is 16.8 Å². The molecule has 0 aliphatic heterocycles. The molecule has 4 nitrogen and oxygen atoms in total. The van der Waals surface area contributed by atoms with Gasteiger partial charge in [0.25, 0.3) is 5.91 Å². The predicted molar refractivity (Wildman–Crippen MR) is 83.5 cm³/mol. The number of nitrogens with one attached hydrogen (secondary N) is 2. The Kier molecular flexibility index (Phi) is 3.72. The van der Waals surface area contributed by atoms with Crippen molar-refractivity contribution in [2.24, 2.45) is 5.92 Å². The zero-order valence-electron chi connectivity index (χ0n) is 12.6. The van der Waals surface area contributed by atoms with E-state index in [1.165, 1.54) is 5.56 Å². The number of hydrogen-bond acceptors (Lipinski definition) is 2. The number of aliphatic hydroxyl groups excluding tert-OH is 1. The third kappa shape index (κ3) is 2.68. The van der Waals surface area contributed by atoms with Crippen molar-refractivity contribution in [3.8, 4) is 0 Å². The number of aryl methyl sites for hydroxylation is 2. The molecular weight excluding hydrogens is 264 g/mol. The summed E-state index contributed by atoms with van der Waals surface area (Å²) in [5.74, 6) is 0.142. The van der Waals surface area contributed by atoms with Crippen molar-refractivity contribution in [2.45, 2.75) is 39.2 Å². The third-order valence-corrected chi connectivity index (χ3v) is 4.71. The van der Waals surface area contributed by atoms with Gasteiger partial charge in [-0.15, -0.1) is 0 Å². The number of aliphatic hydroxyl groups is 1. The third-order valence-electron chi connectivity index (χ3n) is 4.71. The van der Waals surface area contributed by atoms with Gasteiger partial charge in [-0.3, -0.25) is 4.79 Å². The maximum Gasteiger partial charge on any atom is 0.251 e. The second-order valence-corrected chi connectivity index (χ2v) is 6.10. The SMILES string of the molecule is Cc1[nH]c2ccc(C(=O)NCC3CCCC3O)cc2c1C. The molecule has 1 amide bonds. The minimum Gasteiger partial charge on any atom is -0.393 e. The highest BCUT2D eigenvalue weighted by molar-refractivity contribution is 5.99. The summed E-state index contributed by atoms with van der Waals surface area (Å²) in [4.78, 5) is 15.6. The number of benzene rings is 1. The molecule has 1 saturated carbocycles. The van der Waals surface area contributed by atoms with E-state index in [2.05, 4.69) is 17.2 Å². The predicted octanol–water partition coefficient (Wildman–Crippen LogP) is 2.68. The monoisotopic (exact) mass is 286 g/mol. The van der Waals surface area contributed by atoms with Gasteiger partial charge in [0.1, 0.15) is 0 Å². The van der Waals surface area contributed by atoms with Crippen molar-refractivity contribution in [3.63, 3.8) is 0 Å². The maximum absolute atomic E-state index is 12.3. The van der Waals surface area contributed by atoms with Crippen LogP contribution in [0.2, 0.25) is 0 Å². The standard InChI is InChI=1S/C17H22N2O2/c1-10-11(2)19-15-7-6-12(8-14(10)15)17(21)18-9-13-4-3-5-16(13)20/h6-8,13,16,19-20H,3-5,9H2,1-2H3,(H,18,21). The lowest BCUT2D eigenvalue weighted by Crippen LogP contribution is -2.32. The Labute approximate surface area is 124 Å². The number of fused-ring (bicyclic) bond motifs is 1. The van der Waals surface area contributed by atoms with E-state index < -0.39 is 0 Å². The Bertz CT molecular complexity index is 675. The van der Waals surface area contributed by atoms with E-state index in [0.29, 0.717) is 12.1 Å². The van der Waals surface area contributed by atoms with Gasteiger partial charge in [0.2, 0.25) is 0 Å². The highest BCUT2D eigenvalue weighted by Crippen LogP contribution is 2.25. The topological polar surface area (TPSA) is 65.1 Å². The van der Waals surface area contributed by atoms with Crippen LogP contribution in [-0.4, -0.2) is 28.6 Å². The minimum absolute atomic E-state index is 0.0609. The molecule has 1 aliphatic rings. The summed E-state index contributed by atoms with van der Waals surface area (Å²) in [7, 11) is 0. The second kappa shape index (κ2) is 5.53. The number of rotatable bonds is 3. The van der Waals surface area contributed by atoms with Crippen molar-refractivity contribution in [1.29, 1.82) is 0 Å². The first-order valence-corrected chi connectivity index (χ1v) is 7.61. The molecule has 0 spiro atoms. The molecule has 112 valence electrons. The lowest BCUT2D eigenvalue weighted by molar-refractivity contribution is 0.0917. The number of H-pyrrole nitrogens is 1. The molecular formula is C17H22N2O2. The van der Waals surface area contributed by atoms with Gasteiger partial charge in [-0.25, -0.2) is 0 Å². The van der Waals surface area contributed by atoms with Crippen LogP contribution in [0.15, 0.2) is 18.2 Å². The molecule has 0 saturated heterocycles. The average molecular weight is 286 g/mol. The van der Waals surface area contributed by atoms with E-state index in [1.54, 1.807) is 0 Å². The van der Waals surface area contributed by atoms with Gasteiger partial charge < -0.3 is 15.4 Å². The van der Waals surface area contributed by atoms with Gasteiger partial charge in [-0.1, -0.05) is 6.42 Å². The summed E-state index contributed by atoms with van der Waals surface area (Å²) in [5, 5.41) is 13.8. The Morgan fingerprint density at radius 1 is 1.38 bits per heavy atom. The van der Waals surface area contributed by atoms with Crippen LogP contribution >= 0.6 is 0 Å². The highest BCUT2D eigenvalue weighted by Gasteiger charge is 2.25. The number of amides is 1. The van der Waals surface area contributed by atoms with E-state index in [9.17, 15) is 9.90 Å². The van der Waals surface area contributed by atoms with Crippen molar-refractivity contribution in [2.75, 3.05) is 6.54 Å². The minimum atomic E-state index is -0.262. The summed E-state index contributed by atoms with van der Waals surface area (Å²) >= 11 is 0. The summed E-state index contributed by atoms with van der Waals surface area (Å²) in [6.07, 6.45) is 2.64. The number of carbonyl (C=O) groups is 1. The van der Waals surface area contributed by atoms with Crippen molar-refractivity contribution in [3.05, 3.63) is 35.0 Å². The molecule has 1 fully saturated rings. The van der Waals surface area contributed by atoms with Crippen LogP contribution in [0, 0.1) is 19.8 Å². The van der Waals surface area contributed by atoms with Crippen LogP contribution in [-0.2, 0) is 0 Å². The van der Waals surface area contributed by atoms with Crippen LogP contribution < -0.4 is 5.32 Å².